The maximum Gasteiger partial charge on any atom is 0.407 e. The van der Waals surface area contributed by atoms with E-state index < -0.39 is 29.7 Å². The fourth-order valence-electron chi connectivity index (χ4n) is 3.55. The Morgan fingerprint density at radius 3 is 2.64 bits per heavy atom. The van der Waals surface area contributed by atoms with Crippen molar-refractivity contribution in [2.45, 2.75) is 72.8 Å². The normalized spacial score (nSPS) is 18.5. The number of aromatic nitrogens is 2. The third-order valence-electron chi connectivity index (χ3n) is 5.35. The summed E-state index contributed by atoms with van der Waals surface area (Å²) in [6.45, 7) is 9.92. The number of fused-ring (bicyclic) bond motifs is 2. The Morgan fingerprint density at radius 1 is 1.24 bits per heavy atom. The first-order chi connectivity index (χ1) is 15.5. The van der Waals surface area contributed by atoms with Crippen LogP contribution in [0.25, 0.3) is 0 Å². The van der Waals surface area contributed by atoms with Crippen molar-refractivity contribution < 1.29 is 23.9 Å². The Bertz CT molecular complexity index is 863. The number of carbonyl (C=O) groups is 4. The summed E-state index contributed by atoms with van der Waals surface area (Å²) in [6, 6.07) is 0.978. The average Bonchev–Trinajstić information content (AvgIpc) is 2.73. The summed E-state index contributed by atoms with van der Waals surface area (Å²) in [6.07, 6.45) is 2.85. The molecule has 9 nitrogen and oxygen atoms in total. The zero-order chi connectivity index (χ0) is 24.6. The molecule has 0 saturated carbocycles. The monoisotopic (exact) mass is 460 g/mol. The molecular formula is C24H36N4O5. The van der Waals surface area contributed by atoms with Gasteiger partial charge in [-0.3, -0.25) is 14.4 Å². The number of nitrogens with zero attached hydrogens (tertiary/aromatic N) is 2. The van der Waals surface area contributed by atoms with E-state index in [1.165, 1.54) is 0 Å². The van der Waals surface area contributed by atoms with Crippen molar-refractivity contribution in [2.24, 2.45) is 17.3 Å². The van der Waals surface area contributed by atoms with E-state index in [1.807, 2.05) is 34.6 Å². The van der Waals surface area contributed by atoms with E-state index in [0.717, 1.165) is 5.69 Å². The summed E-state index contributed by atoms with van der Waals surface area (Å²) < 4.78 is 5.23. The van der Waals surface area contributed by atoms with Crippen molar-refractivity contribution in [3.05, 3.63) is 23.8 Å². The van der Waals surface area contributed by atoms with Crippen molar-refractivity contribution in [1.29, 1.82) is 0 Å². The fourth-order valence-corrected chi connectivity index (χ4v) is 3.55. The van der Waals surface area contributed by atoms with Crippen LogP contribution in [0, 0.1) is 17.3 Å². The van der Waals surface area contributed by atoms with Crippen LogP contribution in [0.3, 0.4) is 0 Å². The molecule has 2 bridgehead atoms. The molecule has 33 heavy (non-hydrogen) atoms. The van der Waals surface area contributed by atoms with Gasteiger partial charge in [0.2, 0.25) is 5.78 Å². The van der Waals surface area contributed by atoms with Gasteiger partial charge in [0.25, 0.3) is 5.91 Å². The van der Waals surface area contributed by atoms with E-state index in [1.54, 1.807) is 12.3 Å². The molecule has 1 aliphatic rings. The SMILES string of the molecule is CC(C)C(NC(=O)OCC(C)(C)C)C(=O)CC1CCCc2nccc(n2)CCNC(=O)C1=O. The summed E-state index contributed by atoms with van der Waals surface area (Å²) in [4.78, 5) is 59.3. The van der Waals surface area contributed by atoms with Gasteiger partial charge in [0, 0.05) is 43.6 Å². The zero-order valence-corrected chi connectivity index (χ0v) is 20.3. The number of carbonyl (C=O) groups excluding carboxylic acids is 4. The van der Waals surface area contributed by atoms with Gasteiger partial charge in [-0.2, -0.15) is 0 Å². The molecule has 2 N–H and O–H groups in total. The molecule has 1 aromatic rings. The van der Waals surface area contributed by atoms with Gasteiger partial charge in [0.1, 0.15) is 5.82 Å². The van der Waals surface area contributed by atoms with Crippen LogP contribution in [0.1, 0.15) is 65.4 Å². The topological polar surface area (TPSA) is 127 Å². The molecule has 0 radical (unpaired) electrons. The van der Waals surface area contributed by atoms with Crippen LogP contribution in [0.15, 0.2) is 12.3 Å². The predicted molar refractivity (Wildman–Crippen MR) is 122 cm³/mol. The molecule has 0 fully saturated rings. The number of amides is 2. The van der Waals surface area contributed by atoms with Crippen LogP contribution >= 0.6 is 0 Å². The Morgan fingerprint density at radius 2 is 1.97 bits per heavy atom. The molecule has 1 aromatic heterocycles. The highest BCUT2D eigenvalue weighted by atomic mass is 16.5. The van der Waals surface area contributed by atoms with Gasteiger partial charge < -0.3 is 15.4 Å². The molecule has 9 heteroatoms. The number of alkyl carbamates (subject to hydrolysis) is 1. The van der Waals surface area contributed by atoms with Crippen LogP contribution in [0.4, 0.5) is 4.79 Å². The molecule has 0 saturated heterocycles. The minimum absolute atomic E-state index is 0.129. The lowest BCUT2D eigenvalue weighted by molar-refractivity contribution is -0.141. The first-order valence-electron chi connectivity index (χ1n) is 11.5. The van der Waals surface area contributed by atoms with Crippen LogP contribution in [-0.2, 0) is 32.0 Å². The summed E-state index contributed by atoms with van der Waals surface area (Å²) in [5.74, 6) is -1.89. The number of nitrogens with one attached hydrogen (secondary N) is 2. The highest BCUT2D eigenvalue weighted by molar-refractivity contribution is 6.37. The molecule has 2 amide bonds. The van der Waals surface area contributed by atoms with Crippen LogP contribution in [0.5, 0.6) is 0 Å². The number of hydrogen-bond donors (Lipinski definition) is 2. The Balaban J connectivity index is 2.08. The maximum absolute atomic E-state index is 13.1. The molecule has 1 aliphatic heterocycles. The highest BCUT2D eigenvalue weighted by Crippen LogP contribution is 2.19. The van der Waals surface area contributed by atoms with E-state index in [9.17, 15) is 19.2 Å². The van der Waals surface area contributed by atoms with Crippen molar-refractivity contribution in [3.63, 3.8) is 0 Å². The maximum atomic E-state index is 13.1. The number of aryl methyl sites for hydroxylation is 1. The van der Waals surface area contributed by atoms with Gasteiger partial charge in [-0.15, -0.1) is 0 Å². The largest absolute Gasteiger partial charge is 0.449 e. The van der Waals surface area contributed by atoms with Crippen LogP contribution < -0.4 is 10.6 Å². The lowest BCUT2D eigenvalue weighted by Gasteiger charge is -2.24. The zero-order valence-electron chi connectivity index (χ0n) is 20.3. The summed E-state index contributed by atoms with van der Waals surface area (Å²) in [5.41, 5.74) is 0.606. The molecule has 2 atom stereocenters. The van der Waals surface area contributed by atoms with E-state index >= 15 is 0 Å². The lowest BCUT2D eigenvalue weighted by Crippen LogP contribution is -2.46. The second-order valence-corrected chi connectivity index (χ2v) is 10.1. The van der Waals surface area contributed by atoms with Gasteiger partial charge in [-0.05, 0) is 30.2 Å². The fraction of sp³-hybridized carbons (Fsp3) is 0.667. The van der Waals surface area contributed by atoms with Gasteiger partial charge in [-0.1, -0.05) is 34.6 Å². The lowest BCUT2D eigenvalue weighted by atomic mass is 9.87. The number of ketones is 2. The van der Waals surface area contributed by atoms with Crippen molar-refractivity contribution in [2.75, 3.05) is 13.2 Å². The number of hydrogen-bond acceptors (Lipinski definition) is 7. The number of ether oxygens (including phenoxy) is 1. The van der Waals surface area contributed by atoms with E-state index in [0.29, 0.717) is 31.5 Å². The third kappa shape index (κ3) is 8.90. The standard InChI is InChI=1S/C24H36N4O5/c1-15(2)20(28-23(32)33-14-24(3,4)5)18(29)13-16-7-6-8-19-25-11-9-17(27-19)10-12-26-22(31)21(16)30/h9,11,15-16,20H,6-8,10,12-14H2,1-5H3,(H,26,31)(H,28,32). The summed E-state index contributed by atoms with van der Waals surface area (Å²) >= 11 is 0. The molecular weight excluding hydrogens is 424 g/mol. The van der Waals surface area contributed by atoms with Crippen LogP contribution in [-0.4, -0.2) is 52.7 Å². The molecule has 0 aromatic carbocycles. The molecule has 182 valence electrons. The van der Waals surface area contributed by atoms with E-state index in [-0.39, 0.29) is 36.7 Å². The van der Waals surface area contributed by atoms with Crippen molar-refractivity contribution in [3.8, 4) is 0 Å². The molecule has 2 rings (SSSR count). The van der Waals surface area contributed by atoms with Gasteiger partial charge in [0.05, 0.1) is 12.6 Å². The van der Waals surface area contributed by atoms with Gasteiger partial charge in [-0.25, -0.2) is 14.8 Å². The first-order valence-corrected chi connectivity index (χ1v) is 11.5. The van der Waals surface area contributed by atoms with Crippen molar-refractivity contribution in [1.82, 2.24) is 20.6 Å². The molecule has 2 unspecified atom stereocenters. The quantitative estimate of drug-likeness (QED) is 0.624. The molecule has 2 heterocycles. The smallest absolute Gasteiger partial charge is 0.407 e. The minimum Gasteiger partial charge on any atom is -0.449 e. The Hall–Kier alpha value is -2.84. The van der Waals surface area contributed by atoms with Gasteiger partial charge in [0.15, 0.2) is 5.78 Å². The van der Waals surface area contributed by atoms with Gasteiger partial charge >= 0.3 is 6.09 Å². The predicted octanol–water partition coefficient (Wildman–Crippen LogP) is 2.41. The Kier molecular flexibility index (Phi) is 9.49. The summed E-state index contributed by atoms with van der Waals surface area (Å²) in [5, 5.41) is 5.26. The number of Topliss-reactive ketones (excluding diaryl/α,β-unsaturated/α-hetero) is 2. The van der Waals surface area contributed by atoms with E-state index in [2.05, 4.69) is 20.6 Å². The summed E-state index contributed by atoms with van der Waals surface area (Å²) in [7, 11) is 0. The minimum atomic E-state index is -0.810. The molecule has 0 aliphatic carbocycles. The van der Waals surface area contributed by atoms with Crippen LogP contribution in [0.2, 0.25) is 0 Å². The Labute approximate surface area is 195 Å². The van der Waals surface area contributed by atoms with E-state index in [4.69, 9.17) is 4.74 Å². The molecule has 0 spiro atoms. The average molecular weight is 461 g/mol. The highest BCUT2D eigenvalue weighted by Gasteiger charge is 2.32. The second kappa shape index (κ2) is 11.9. The number of rotatable bonds is 6. The second-order valence-electron chi connectivity index (χ2n) is 10.1. The first kappa shape index (κ1) is 26.4. The van der Waals surface area contributed by atoms with Crippen molar-refractivity contribution >= 4 is 23.6 Å². The third-order valence-corrected chi connectivity index (χ3v) is 5.35.